The molecule has 0 fully saturated rings. The molecule has 0 radical (unpaired) electrons. The van der Waals surface area contributed by atoms with Gasteiger partial charge in [0, 0.05) is 11.3 Å². The van der Waals surface area contributed by atoms with Gasteiger partial charge in [-0.2, -0.15) is 0 Å². The molecule has 0 atom stereocenters. The molecule has 1 amide bonds. The molecule has 0 saturated carbocycles. The maximum atomic E-state index is 13.2. The minimum atomic E-state index is -0.525. The third-order valence-corrected chi connectivity index (χ3v) is 3.74. The standard InChI is InChI=1S/C17H14FNO3/c18-14-5-6-15-13(7-14)8-17(22)19(15)9-11-1-3-12(4-2-11)16(21)10-20/h1-7,20H,8-10H2. The summed E-state index contributed by atoms with van der Waals surface area (Å²) in [7, 11) is 0. The minimum absolute atomic E-state index is 0.0730. The Labute approximate surface area is 126 Å². The van der Waals surface area contributed by atoms with Crippen LogP contribution in [0, 0.1) is 5.82 Å². The number of carbonyl (C=O) groups excluding carboxylic acids is 2. The van der Waals surface area contributed by atoms with Gasteiger partial charge in [-0.25, -0.2) is 4.39 Å². The second kappa shape index (κ2) is 5.69. The van der Waals surface area contributed by atoms with Gasteiger partial charge < -0.3 is 10.0 Å². The predicted octanol–water partition coefficient (Wildman–Crippen LogP) is 2.09. The fourth-order valence-corrected chi connectivity index (χ4v) is 2.59. The van der Waals surface area contributed by atoms with Crippen LogP contribution in [0.4, 0.5) is 10.1 Å². The number of ketones is 1. The molecule has 22 heavy (non-hydrogen) atoms. The summed E-state index contributed by atoms with van der Waals surface area (Å²) < 4.78 is 13.2. The Hall–Kier alpha value is -2.53. The first kappa shape index (κ1) is 14.4. The molecule has 1 aliphatic rings. The fourth-order valence-electron chi connectivity index (χ4n) is 2.59. The molecule has 0 saturated heterocycles. The Bertz CT molecular complexity index is 740. The predicted molar refractivity (Wildman–Crippen MR) is 79.2 cm³/mol. The zero-order valence-corrected chi connectivity index (χ0v) is 11.8. The molecule has 0 aliphatic carbocycles. The van der Waals surface area contributed by atoms with Crippen molar-refractivity contribution in [3.05, 3.63) is 65.0 Å². The van der Waals surface area contributed by atoms with E-state index in [1.54, 1.807) is 35.2 Å². The third kappa shape index (κ3) is 2.63. The lowest BCUT2D eigenvalue weighted by atomic mass is 10.1. The molecule has 5 heteroatoms. The van der Waals surface area contributed by atoms with E-state index >= 15 is 0 Å². The van der Waals surface area contributed by atoms with Crippen LogP contribution in [-0.4, -0.2) is 23.4 Å². The molecule has 1 heterocycles. The number of Topliss-reactive ketones (excluding diaryl/α,β-unsaturated/α-hetero) is 1. The largest absolute Gasteiger partial charge is 0.388 e. The molecule has 112 valence electrons. The van der Waals surface area contributed by atoms with E-state index in [-0.39, 0.29) is 23.9 Å². The number of hydrogen-bond acceptors (Lipinski definition) is 3. The van der Waals surface area contributed by atoms with Gasteiger partial charge in [-0.15, -0.1) is 0 Å². The Morgan fingerprint density at radius 2 is 1.91 bits per heavy atom. The van der Waals surface area contributed by atoms with Crippen LogP contribution in [-0.2, 0) is 17.8 Å². The molecule has 2 aromatic rings. The van der Waals surface area contributed by atoms with Crippen molar-refractivity contribution in [1.29, 1.82) is 0 Å². The number of aliphatic hydroxyl groups excluding tert-OH is 1. The number of benzene rings is 2. The second-order valence-electron chi connectivity index (χ2n) is 5.21. The van der Waals surface area contributed by atoms with E-state index in [1.807, 2.05) is 0 Å². The first-order valence-electron chi connectivity index (χ1n) is 6.90. The van der Waals surface area contributed by atoms with E-state index in [1.165, 1.54) is 12.1 Å². The van der Waals surface area contributed by atoms with E-state index in [0.717, 1.165) is 11.3 Å². The minimum Gasteiger partial charge on any atom is -0.388 e. The smallest absolute Gasteiger partial charge is 0.231 e. The zero-order valence-electron chi connectivity index (χ0n) is 11.8. The van der Waals surface area contributed by atoms with Crippen molar-refractivity contribution < 1.29 is 19.1 Å². The number of hydrogen-bond donors (Lipinski definition) is 1. The van der Waals surface area contributed by atoms with Gasteiger partial charge >= 0.3 is 0 Å². The average molecular weight is 299 g/mol. The van der Waals surface area contributed by atoms with Crippen molar-refractivity contribution in [2.45, 2.75) is 13.0 Å². The van der Waals surface area contributed by atoms with E-state index in [4.69, 9.17) is 5.11 Å². The van der Waals surface area contributed by atoms with Crippen LogP contribution >= 0.6 is 0 Å². The summed E-state index contributed by atoms with van der Waals surface area (Å²) in [6, 6.07) is 11.1. The monoisotopic (exact) mass is 299 g/mol. The number of amides is 1. The van der Waals surface area contributed by atoms with Crippen molar-refractivity contribution in [1.82, 2.24) is 0 Å². The van der Waals surface area contributed by atoms with Crippen molar-refractivity contribution in [3.8, 4) is 0 Å². The Kier molecular flexibility index (Phi) is 3.73. The molecule has 1 aliphatic heterocycles. The summed E-state index contributed by atoms with van der Waals surface area (Å²) in [4.78, 5) is 25.1. The quantitative estimate of drug-likeness (QED) is 0.880. The molecule has 1 N–H and O–H groups in total. The molecule has 0 bridgehead atoms. The van der Waals surface area contributed by atoms with E-state index in [0.29, 0.717) is 17.7 Å². The van der Waals surface area contributed by atoms with Gasteiger partial charge in [-0.1, -0.05) is 24.3 Å². The number of nitrogens with zero attached hydrogens (tertiary/aromatic N) is 1. The highest BCUT2D eigenvalue weighted by atomic mass is 19.1. The van der Waals surface area contributed by atoms with Crippen LogP contribution in [0.3, 0.4) is 0 Å². The molecule has 0 unspecified atom stereocenters. The number of halogens is 1. The SMILES string of the molecule is O=C(CO)c1ccc(CN2C(=O)Cc3cc(F)ccc32)cc1. The van der Waals surface area contributed by atoms with Gasteiger partial charge in [0.1, 0.15) is 12.4 Å². The van der Waals surface area contributed by atoms with E-state index < -0.39 is 6.61 Å². The summed E-state index contributed by atoms with van der Waals surface area (Å²) in [5.41, 5.74) is 2.71. The number of rotatable bonds is 4. The number of anilines is 1. The van der Waals surface area contributed by atoms with Crippen molar-refractivity contribution >= 4 is 17.4 Å². The molecular weight excluding hydrogens is 285 g/mol. The molecular formula is C17H14FNO3. The summed E-state index contributed by atoms with van der Waals surface area (Å²) in [5, 5.41) is 8.82. The first-order chi connectivity index (χ1) is 10.6. The lowest BCUT2D eigenvalue weighted by Gasteiger charge is -2.17. The van der Waals surface area contributed by atoms with Gasteiger partial charge in [0.25, 0.3) is 0 Å². The summed E-state index contributed by atoms with van der Waals surface area (Å²) in [6.45, 7) is -0.159. The van der Waals surface area contributed by atoms with Gasteiger partial charge in [-0.05, 0) is 29.3 Å². The van der Waals surface area contributed by atoms with Gasteiger partial charge in [0.05, 0.1) is 13.0 Å². The van der Waals surface area contributed by atoms with Crippen molar-refractivity contribution in [2.75, 3.05) is 11.5 Å². The fraction of sp³-hybridized carbons (Fsp3) is 0.176. The number of aliphatic hydroxyl groups is 1. The highest BCUT2D eigenvalue weighted by Gasteiger charge is 2.27. The molecule has 0 spiro atoms. The second-order valence-corrected chi connectivity index (χ2v) is 5.21. The first-order valence-corrected chi connectivity index (χ1v) is 6.90. The molecule has 4 nitrogen and oxygen atoms in total. The van der Waals surface area contributed by atoms with Crippen molar-refractivity contribution in [3.63, 3.8) is 0 Å². The zero-order chi connectivity index (χ0) is 15.7. The Morgan fingerprint density at radius 1 is 1.18 bits per heavy atom. The van der Waals surface area contributed by atoms with Crippen LogP contribution in [0.25, 0.3) is 0 Å². The average Bonchev–Trinajstić information content (AvgIpc) is 2.82. The normalized spacial score (nSPS) is 13.4. The van der Waals surface area contributed by atoms with Gasteiger partial charge in [0.15, 0.2) is 5.78 Å². The Morgan fingerprint density at radius 3 is 2.59 bits per heavy atom. The Balaban J connectivity index is 1.82. The van der Waals surface area contributed by atoms with Crippen LogP contribution in [0.1, 0.15) is 21.5 Å². The summed E-state index contributed by atoms with van der Waals surface area (Å²) in [5.74, 6) is -0.763. The number of carbonyl (C=O) groups is 2. The van der Waals surface area contributed by atoms with Crippen LogP contribution < -0.4 is 4.90 Å². The highest BCUT2D eigenvalue weighted by Crippen LogP contribution is 2.30. The molecule has 0 aromatic heterocycles. The molecule has 2 aromatic carbocycles. The lowest BCUT2D eigenvalue weighted by molar-refractivity contribution is -0.117. The maximum absolute atomic E-state index is 13.2. The number of fused-ring (bicyclic) bond motifs is 1. The topological polar surface area (TPSA) is 57.6 Å². The van der Waals surface area contributed by atoms with Gasteiger partial charge in [-0.3, -0.25) is 9.59 Å². The lowest BCUT2D eigenvalue weighted by Crippen LogP contribution is -2.26. The highest BCUT2D eigenvalue weighted by molar-refractivity contribution is 6.01. The van der Waals surface area contributed by atoms with Gasteiger partial charge in [0.2, 0.25) is 5.91 Å². The van der Waals surface area contributed by atoms with E-state index in [9.17, 15) is 14.0 Å². The van der Waals surface area contributed by atoms with E-state index in [2.05, 4.69) is 0 Å². The van der Waals surface area contributed by atoms with Crippen LogP contribution in [0.5, 0.6) is 0 Å². The summed E-state index contributed by atoms with van der Waals surface area (Å²) >= 11 is 0. The van der Waals surface area contributed by atoms with Crippen LogP contribution in [0.2, 0.25) is 0 Å². The third-order valence-electron chi connectivity index (χ3n) is 3.74. The summed E-state index contributed by atoms with van der Waals surface area (Å²) in [6.07, 6.45) is 0.203. The van der Waals surface area contributed by atoms with Crippen LogP contribution in [0.15, 0.2) is 42.5 Å². The maximum Gasteiger partial charge on any atom is 0.231 e. The molecule has 3 rings (SSSR count). The van der Waals surface area contributed by atoms with Crippen molar-refractivity contribution in [2.24, 2.45) is 0 Å².